The minimum Gasteiger partial charge on any atom is -0.473 e. The molecular weight excluding hydrogens is 256 g/mol. The third-order valence-electron chi connectivity index (χ3n) is 7.30. The van der Waals surface area contributed by atoms with Gasteiger partial charge in [-0.2, -0.15) is 0 Å². The van der Waals surface area contributed by atoms with Crippen LogP contribution < -0.4 is 0 Å². The summed E-state index contributed by atoms with van der Waals surface area (Å²) in [6, 6.07) is 0. The van der Waals surface area contributed by atoms with Crippen molar-refractivity contribution in [2.75, 3.05) is 0 Å². The van der Waals surface area contributed by atoms with Crippen molar-refractivity contribution in [2.24, 2.45) is 22.7 Å². The van der Waals surface area contributed by atoms with E-state index in [1.54, 1.807) is 0 Å². The van der Waals surface area contributed by atoms with Crippen LogP contribution in [0.3, 0.4) is 0 Å². The second kappa shape index (κ2) is 5.48. The normalized spacial score (nSPS) is 45.7. The summed E-state index contributed by atoms with van der Waals surface area (Å²) in [7, 11) is 0. The molecule has 1 heteroatoms. The molecule has 0 saturated heterocycles. The molecule has 6 fully saturated rings. The predicted octanol–water partition coefficient (Wildman–Crippen LogP) is 5.97. The molecule has 0 aliphatic heterocycles. The summed E-state index contributed by atoms with van der Waals surface area (Å²) in [5, 5.41) is 0. The quantitative estimate of drug-likeness (QED) is 0.578. The van der Waals surface area contributed by atoms with E-state index in [1.165, 1.54) is 77.0 Å². The Morgan fingerprint density at radius 2 is 0.905 bits per heavy atom. The molecule has 6 aliphatic rings. The standard InChI is InChI=1S/C20H30O/c1-7-19(8-2-17(1)3-9-19)13-15-21-16-14-20-10-4-18(5-11-20)6-12-20/h13-18H,1-12H2. The number of fused-ring (bicyclic) bond motifs is 6. The third kappa shape index (κ3) is 2.81. The highest BCUT2D eigenvalue weighted by molar-refractivity contribution is 5.06. The molecule has 0 atom stereocenters. The average Bonchev–Trinajstić information content (AvgIpc) is 2.58. The first-order chi connectivity index (χ1) is 10.3. The summed E-state index contributed by atoms with van der Waals surface area (Å²) in [5.74, 6) is 2.09. The van der Waals surface area contributed by atoms with E-state index in [4.69, 9.17) is 4.74 Å². The van der Waals surface area contributed by atoms with Gasteiger partial charge in [-0.3, -0.25) is 0 Å². The van der Waals surface area contributed by atoms with Gasteiger partial charge in [0.05, 0.1) is 12.5 Å². The SMILES string of the molecule is C(=CC12CCC(CC1)CC2)OC=CC12CCC(CC1)CC2. The third-order valence-corrected chi connectivity index (χ3v) is 7.30. The van der Waals surface area contributed by atoms with Crippen LogP contribution >= 0.6 is 0 Å². The van der Waals surface area contributed by atoms with E-state index < -0.39 is 0 Å². The lowest BCUT2D eigenvalue weighted by Gasteiger charge is -2.45. The Morgan fingerprint density at radius 1 is 0.571 bits per heavy atom. The van der Waals surface area contributed by atoms with Crippen molar-refractivity contribution in [3.63, 3.8) is 0 Å². The Labute approximate surface area is 129 Å². The first kappa shape index (κ1) is 13.9. The second-order valence-electron chi connectivity index (χ2n) is 8.43. The van der Waals surface area contributed by atoms with Crippen molar-refractivity contribution < 1.29 is 4.74 Å². The zero-order valence-corrected chi connectivity index (χ0v) is 13.4. The minimum absolute atomic E-state index is 0.490. The van der Waals surface area contributed by atoms with Crippen molar-refractivity contribution >= 4 is 0 Å². The van der Waals surface area contributed by atoms with Crippen molar-refractivity contribution in [2.45, 2.75) is 77.0 Å². The topological polar surface area (TPSA) is 9.23 Å². The molecule has 0 heterocycles. The fourth-order valence-corrected chi connectivity index (χ4v) is 5.48. The van der Waals surface area contributed by atoms with Crippen molar-refractivity contribution in [1.82, 2.24) is 0 Å². The molecule has 0 amide bonds. The Kier molecular flexibility index (Phi) is 3.63. The molecule has 0 aromatic heterocycles. The Hall–Kier alpha value is -0.720. The monoisotopic (exact) mass is 286 g/mol. The van der Waals surface area contributed by atoms with Gasteiger partial charge in [-0.15, -0.1) is 0 Å². The van der Waals surface area contributed by atoms with Gasteiger partial charge >= 0.3 is 0 Å². The molecule has 4 bridgehead atoms. The molecule has 0 aromatic carbocycles. The molecular formula is C20H30O. The Morgan fingerprint density at radius 3 is 1.24 bits per heavy atom. The molecule has 6 rings (SSSR count). The minimum atomic E-state index is 0.490. The van der Waals surface area contributed by atoms with Crippen LogP contribution in [0.5, 0.6) is 0 Å². The molecule has 1 nitrogen and oxygen atoms in total. The van der Waals surface area contributed by atoms with Gasteiger partial charge in [0.2, 0.25) is 0 Å². The summed E-state index contributed by atoms with van der Waals surface area (Å²) < 4.78 is 5.77. The molecule has 0 spiro atoms. The zero-order valence-electron chi connectivity index (χ0n) is 13.4. The average molecular weight is 286 g/mol. The first-order valence-electron chi connectivity index (χ1n) is 9.29. The van der Waals surface area contributed by atoms with E-state index in [0.717, 1.165) is 11.8 Å². The lowest BCUT2D eigenvalue weighted by molar-refractivity contribution is 0.105. The first-order valence-corrected chi connectivity index (χ1v) is 9.29. The number of rotatable bonds is 4. The van der Waals surface area contributed by atoms with E-state index in [0.29, 0.717) is 10.8 Å². The van der Waals surface area contributed by atoms with Crippen LogP contribution in [-0.2, 0) is 4.74 Å². The fraction of sp³-hybridized carbons (Fsp3) is 0.800. The van der Waals surface area contributed by atoms with E-state index in [2.05, 4.69) is 12.2 Å². The lowest BCUT2D eigenvalue weighted by atomic mass is 9.61. The lowest BCUT2D eigenvalue weighted by Crippen LogP contribution is -2.32. The molecule has 0 unspecified atom stereocenters. The maximum atomic E-state index is 5.77. The fourth-order valence-electron chi connectivity index (χ4n) is 5.48. The summed E-state index contributed by atoms with van der Waals surface area (Å²) in [6.07, 6.45) is 25.8. The van der Waals surface area contributed by atoms with Gasteiger partial charge in [0, 0.05) is 0 Å². The van der Waals surface area contributed by atoms with Crippen molar-refractivity contribution in [3.8, 4) is 0 Å². The molecule has 116 valence electrons. The van der Waals surface area contributed by atoms with Gasteiger partial charge in [0.15, 0.2) is 0 Å². The maximum Gasteiger partial charge on any atom is 0.0866 e. The number of hydrogen-bond donors (Lipinski definition) is 0. The number of hydrogen-bond acceptors (Lipinski definition) is 1. The molecule has 6 saturated carbocycles. The van der Waals surface area contributed by atoms with E-state index in [9.17, 15) is 0 Å². The highest BCUT2D eigenvalue weighted by Gasteiger charge is 2.39. The van der Waals surface area contributed by atoms with E-state index in [-0.39, 0.29) is 0 Å². The molecule has 6 aliphatic carbocycles. The number of allylic oxidation sites excluding steroid dienone is 2. The van der Waals surface area contributed by atoms with Gasteiger partial charge in [-0.05, 0) is 112 Å². The van der Waals surface area contributed by atoms with Gasteiger partial charge in [-0.25, -0.2) is 0 Å². The van der Waals surface area contributed by atoms with Crippen LogP contribution in [0.2, 0.25) is 0 Å². The summed E-state index contributed by atoms with van der Waals surface area (Å²) in [6.45, 7) is 0. The van der Waals surface area contributed by atoms with Gasteiger partial charge in [0.1, 0.15) is 0 Å². The van der Waals surface area contributed by atoms with Crippen LogP contribution in [-0.4, -0.2) is 0 Å². The van der Waals surface area contributed by atoms with E-state index in [1.807, 2.05) is 12.5 Å². The van der Waals surface area contributed by atoms with Crippen LogP contribution in [0.4, 0.5) is 0 Å². The Balaban J connectivity index is 1.30. The maximum absolute atomic E-state index is 5.77. The smallest absolute Gasteiger partial charge is 0.0866 e. The highest BCUT2D eigenvalue weighted by atomic mass is 16.5. The zero-order chi connectivity index (χ0) is 14.2. The van der Waals surface area contributed by atoms with E-state index >= 15 is 0 Å². The number of ether oxygens (including phenoxy) is 1. The summed E-state index contributed by atoms with van der Waals surface area (Å²) >= 11 is 0. The van der Waals surface area contributed by atoms with Gasteiger partial charge < -0.3 is 4.74 Å². The summed E-state index contributed by atoms with van der Waals surface area (Å²) in [5.41, 5.74) is 0.980. The molecule has 0 radical (unpaired) electrons. The predicted molar refractivity (Wildman–Crippen MR) is 86.6 cm³/mol. The molecule has 0 N–H and O–H groups in total. The van der Waals surface area contributed by atoms with Crippen molar-refractivity contribution in [3.05, 3.63) is 24.7 Å². The van der Waals surface area contributed by atoms with Crippen LogP contribution in [0, 0.1) is 22.7 Å². The van der Waals surface area contributed by atoms with Crippen LogP contribution in [0.1, 0.15) is 77.0 Å². The Bertz CT molecular complexity index is 350. The summed E-state index contributed by atoms with van der Waals surface area (Å²) in [4.78, 5) is 0. The van der Waals surface area contributed by atoms with Crippen LogP contribution in [0.25, 0.3) is 0 Å². The second-order valence-corrected chi connectivity index (χ2v) is 8.43. The van der Waals surface area contributed by atoms with Crippen LogP contribution in [0.15, 0.2) is 24.7 Å². The molecule has 21 heavy (non-hydrogen) atoms. The molecule has 0 aromatic rings. The van der Waals surface area contributed by atoms with Gasteiger partial charge in [-0.1, -0.05) is 0 Å². The van der Waals surface area contributed by atoms with Crippen molar-refractivity contribution in [1.29, 1.82) is 0 Å². The van der Waals surface area contributed by atoms with Gasteiger partial charge in [0.25, 0.3) is 0 Å². The largest absolute Gasteiger partial charge is 0.473 e. The highest BCUT2D eigenvalue weighted by Crippen LogP contribution is 2.52.